The molecule has 0 aromatic rings. The smallest absolute Gasteiger partial charge is 0.202 e. The standard InChI is InChI=1S/C3HF7S/c4-1(5)2(6,7)11-3(8,9)10/h1H. The van der Waals surface area contributed by atoms with Crippen molar-refractivity contribution in [2.75, 3.05) is 0 Å². The van der Waals surface area contributed by atoms with Crippen LogP contribution in [0.2, 0.25) is 0 Å². The van der Waals surface area contributed by atoms with Crippen molar-refractivity contribution in [2.24, 2.45) is 0 Å². The predicted octanol–water partition coefficient (Wildman–Crippen LogP) is 3.10. The van der Waals surface area contributed by atoms with E-state index in [0.29, 0.717) is 0 Å². The third-order valence-corrected chi connectivity index (χ3v) is 1.19. The summed E-state index contributed by atoms with van der Waals surface area (Å²) >= 11 is -2.02. The number of alkyl halides is 7. The molecule has 0 heterocycles. The van der Waals surface area contributed by atoms with Gasteiger partial charge in [-0.15, -0.1) is 0 Å². The van der Waals surface area contributed by atoms with Gasteiger partial charge in [-0.3, -0.25) is 0 Å². The number of hydrogen-bond donors (Lipinski definition) is 0. The molecule has 0 saturated heterocycles. The average molecular weight is 202 g/mol. The summed E-state index contributed by atoms with van der Waals surface area (Å²) in [5.74, 6) is 0. The van der Waals surface area contributed by atoms with Crippen LogP contribution in [0.5, 0.6) is 0 Å². The molecule has 0 radical (unpaired) electrons. The number of halogens is 7. The van der Waals surface area contributed by atoms with Crippen LogP contribution in [0.15, 0.2) is 0 Å². The van der Waals surface area contributed by atoms with E-state index < -0.39 is 29.0 Å². The molecule has 0 bridgehead atoms. The first-order valence-electron chi connectivity index (χ1n) is 2.08. The van der Waals surface area contributed by atoms with E-state index in [9.17, 15) is 30.7 Å². The van der Waals surface area contributed by atoms with Gasteiger partial charge in [0.05, 0.1) is 0 Å². The maximum absolute atomic E-state index is 11.5. The first-order chi connectivity index (χ1) is 4.65. The van der Waals surface area contributed by atoms with E-state index in [1.807, 2.05) is 0 Å². The van der Waals surface area contributed by atoms with Gasteiger partial charge in [0.2, 0.25) is 0 Å². The second-order valence-corrected chi connectivity index (χ2v) is 2.62. The van der Waals surface area contributed by atoms with Crippen LogP contribution in [0.4, 0.5) is 30.7 Å². The highest BCUT2D eigenvalue weighted by Crippen LogP contribution is 2.45. The summed E-state index contributed by atoms with van der Waals surface area (Å²) in [6, 6.07) is 0. The van der Waals surface area contributed by atoms with Crippen molar-refractivity contribution in [3.05, 3.63) is 0 Å². The summed E-state index contributed by atoms with van der Waals surface area (Å²) in [7, 11) is 0. The minimum Gasteiger partial charge on any atom is -0.202 e. The zero-order valence-electron chi connectivity index (χ0n) is 4.63. The van der Waals surface area contributed by atoms with Gasteiger partial charge in [-0.25, -0.2) is 8.78 Å². The summed E-state index contributed by atoms with van der Waals surface area (Å²) in [5, 5.41) is -5.06. The third-order valence-electron chi connectivity index (χ3n) is 0.506. The summed E-state index contributed by atoms with van der Waals surface area (Å²) in [4.78, 5) is 0. The first-order valence-corrected chi connectivity index (χ1v) is 2.89. The Labute approximate surface area is 60.8 Å². The molecule has 0 aliphatic rings. The Morgan fingerprint density at radius 2 is 1.27 bits per heavy atom. The van der Waals surface area contributed by atoms with Crippen LogP contribution >= 0.6 is 11.8 Å². The summed E-state index contributed by atoms with van der Waals surface area (Å²) in [6.07, 6.45) is -4.31. The highest BCUT2D eigenvalue weighted by Gasteiger charge is 2.51. The van der Waals surface area contributed by atoms with E-state index in [1.54, 1.807) is 0 Å². The molecule has 11 heavy (non-hydrogen) atoms. The Morgan fingerprint density at radius 3 is 1.36 bits per heavy atom. The van der Waals surface area contributed by atoms with Crippen LogP contribution < -0.4 is 0 Å². The highest BCUT2D eigenvalue weighted by atomic mass is 32.2. The number of hydrogen-bond acceptors (Lipinski definition) is 1. The van der Waals surface area contributed by atoms with Crippen molar-refractivity contribution in [2.45, 2.75) is 17.2 Å². The quantitative estimate of drug-likeness (QED) is 0.620. The van der Waals surface area contributed by atoms with Crippen molar-refractivity contribution in [3.8, 4) is 0 Å². The van der Waals surface area contributed by atoms with Crippen molar-refractivity contribution in [1.29, 1.82) is 0 Å². The molecule has 0 fully saturated rings. The molecule has 0 rings (SSSR count). The molecule has 0 unspecified atom stereocenters. The average Bonchev–Trinajstić information content (AvgIpc) is 1.56. The van der Waals surface area contributed by atoms with Gasteiger partial charge in [-0.05, 0) is 0 Å². The Bertz CT molecular complexity index is 126. The molecule has 0 nitrogen and oxygen atoms in total. The molecular weight excluding hydrogens is 201 g/mol. The van der Waals surface area contributed by atoms with Gasteiger partial charge >= 0.3 is 17.2 Å². The van der Waals surface area contributed by atoms with Crippen molar-refractivity contribution >= 4 is 11.8 Å². The van der Waals surface area contributed by atoms with E-state index in [4.69, 9.17) is 0 Å². The molecule has 0 aliphatic carbocycles. The van der Waals surface area contributed by atoms with Crippen molar-refractivity contribution in [1.82, 2.24) is 0 Å². The highest BCUT2D eigenvalue weighted by molar-refractivity contribution is 8.01. The van der Waals surface area contributed by atoms with Crippen LogP contribution in [0, 0.1) is 0 Å². The van der Waals surface area contributed by atoms with Crippen molar-refractivity contribution < 1.29 is 30.7 Å². The molecule has 68 valence electrons. The lowest BCUT2D eigenvalue weighted by molar-refractivity contribution is -0.0786. The van der Waals surface area contributed by atoms with Gasteiger partial charge in [0.1, 0.15) is 0 Å². The number of thioether (sulfide) groups is 1. The lowest BCUT2D eigenvalue weighted by Crippen LogP contribution is -2.26. The third kappa shape index (κ3) is 4.33. The van der Waals surface area contributed by atoms with Crippen molar-refractivity contribution in [3.63, 3.8) is 0 Å². The zero-order chi connectivity index (χ0) is 9.28. The van der Waals surface area contributed by atoms with Gasteiger partial charge in [0.25, 0.3) is 0 Å². The summed E-state index contributed by atoms with van der Waals surface area (Å²) in [6.45, 7) is 0. The lowest BCUT2D eigenvalue weighted by atomic mass is 10.7. The Hall–Kier alpha value is -0.140. The van der Waals surface area contributed by atoms with Crippen LogP contribution in [-0.4, -0.2) is 17.2 Å². The summed E-state index contributed by atoms with van der Waals surface area (Å²) in [5.41, 5.74) is -5.35. The topological polar surface area (TPSA) is 0 Å². The molecule has 0 N–H and O–H groups in total. The van der Waals surface area contributed by atoms with E-state index >= 15 is 0 Å². The predicted molar refractivity (Wildman–Crippen MR) is 24.6 cm³/mol. The van der Waals surface area contributed by atoms with E-state index in [1.165, 1.54) is 0 Å². The van der Waals surface area contributed by atoms with Gasteiger partial charge in [0.15, 0.2) is 0 Å². The van der Waals surface area contributed by atoms with Crippen LogP contribution in [0.25, 0.3) is 0 Å². The zero-order valence-corrected chi connectivity index (χ0v) is 5.45. The molecule has 0 spiro atoms. The fraction of sp³-hybridized carbons (Fsp3) is 1.00. The second kappa shape index (κ2) is 3.08. The molecule has 8 heteroatoms. The van der Waals surface area contributed by atoms with Gasteiger partial charge in [0, 0.05) is 11.8 Å². The fourth-order valence-corrected chi connectivity index (χ4v) is 0.597. The minimum atomic E-state index is -5.35. The van der Waals surface area contributed by atoms with E-state index in [0.717, 1.165) is 0 Å². The van der Waals surface area contributed by atoms with Gasteiger partial charge in [-0.2, -0.15) is 22.0 Å². The monoisotopic (exact) mass is 202 g/mol. The maximum Gasteiger partial charge on any atom is 0.447 e. The number of rotatable bonds is 2. The normalized spacial score (nSPS) is 14.2. The molecule has 0 aliphatic heterocycles. The summed E-state index contributed by atoms with van der Waals surface area (Å²) < 4.78 is 78.4. The van der Waals surface area contributed by atoms with E-state index in [-0.39, 0.29) is 0 Å². The molecule has 0 saturated carbocycles. The van der Waals surface area contributed by atoms with E-state index in [2.05, 4.69) is 0 Å². The van der Waals surface area contributed by atoms with Crippen LogP contribution in [0.3, 0.4) is 0 Å². The SMILES string of the molecule is FC(F)C(F)(F)SC(F)(F)F. The maximum atomic E-state index is 11.5. The fourth-order valence-electron chi connectivity index (χ4n) is 0.199. The minimum absolute atomic E-state index is 2.02. The Kier molecular flexibility index (Phi) is 3.04. The molecule has 0 atom stereocenters. The van der Waals surface area contributed by atoms with Crippen LogP contribution in [-0.2, 0) is 0 Å². The lowest BCUT2D eigenvalue weighted by Gasteiger charge is -2.15. The van der Waals surface area contributed by atoms with Gasteiger partial charge < -0.3 is 0 Å². The Balaban J connectivity index is 4.13. The second-order valence-electron chi connectivity index (χ2n) is 1.41. The first kappa shape index (κ1) is 10.9. The van der Waals surface area contributed by atoms with Gasteiger partial charge in [-0.1, -0.05) is 0 Å². The Morgan fingerprint density at radius 1 is 0.909 bits per heavy atom. The molecular formula is C3HF7S. The van der Waals surface area contributed by atoms with Crippen LogP contribution in [0.1, 0.15) is 0 Å². The molecule has 0 amide bonds. The molecule has 0 aromatic heterocycles. The largest absolute Gasteiger partial charge is 0.447 e. The molecule has 0 aromatic carbocycles.